The fourth-order valence-electron chi connectivity index (χ4n) is 2.89. The number of benzene rings is 1. The predicted octanol–water partition coefficient (Wildman–Crippen LogP) is 3.07. The van der Waals surface area contributed by atoms with Crippen LogP contribution in [0.5, 0.6) is 0 Å². The van der Waals surface area contributed by atoms with Crippen molar-refractivity contribution in [3.63, 3.8) is 0 Å². The Bertz CT molecular complexity index is 1270. The van der Waals surface area contributed by atoms with Gasteiger partial charge in [0.05, 0.1) is 21.0 Å². The number of halogens is 2. The lowest BCUT2D eigenvalue weighted by molar-refractivity contribution is 0.0970. The van der Waals surface area contributed by atoms with Gasteiger partial charge in [-0.05, 0) is 24.3 Å². The number of likely N-dealkylation sites (N-methyl/N-ethyl adjacent to an activating group) is 1. The first kappa shape index (κ1) is 20.6. The van der Waals surface area contributed by atoms with E-state index in [4.69, 9.17) is 33.5 Å². The number of carbonyl (C=O) groups excluding carboxylic acids is 1. The Morgan fingerprint density at radius 3 is 2.81 bits per heavy atom. The number of aromatic nitrogens is 5. The van der Waals surface area contributed by atoms with Gasteiger partial charge in [0.25, 0.3) is 5.91 Å². The monoisotopic (exact) mass is 458 g/mol. The minimum Gasteiger partial charge on any atom is -0.380 e. The maximum absolute atomic E-state index is 12.4. The van der Waals surface area contributed by atoms with Crippen molar-refractivity contribution in [1.82, 2.24) is 30.2 Å². The molecule has 158 valence electrons. The normalized spacial score (nSPS) is 11.3. The van der Waals surface area contributed by atoms with Gasteiger partial charge in [-0.1, -0.05) is 28.4 Å². The quantitative estimate of drug-likeness (QED) is 0.450. The summed E-state index contributed by atoms with van der Waals surface area (Å²) in [5, 5.41) is 15.1. The molecule has 0 saturated heterocycles. The maximum Gasteiger partial charge on any atom is 0.256 e. The molecule has 1 amide bonds. The van der Waals surface area contributed by atoms with Gasteiger partial charge in [-0.25, -0.2) is 4.98 Å². The lowest BCUT2D eigenvalue weighted by atomic mass is 10.2. The minimum atomic E-state index is -0.339. The fraction of sp³-hybridized carbons (Fsp3) is 0.105. The van der Waals surface area contributed by atoms with E-state index in [0.29, 0.717) is 38.9 Å². The summed E-state index contributed by atoms with van der Waals surface area (Å²) in [5.74, 6) is 0.383. The summed E-state index contributed by atoms with van der Waals surface area (Å²) in [6.07, 6.45) is 7.85. The largest absolute Gasteiger partial charge is 0.380 e. The number of nitrogens with one attached hydrogen (secondary N) is 1. The Hall–Kier alpha value is -3.63. The summed E-state index contributed by atoms with van der Waals surface area (Å²) in [6, 6.07) is 5.05. The van der Waals surface area contributed by atoms with E-state index in [1.165, 1.54) is 12.4 Å². The van der Waals surface area contributed by atoms with Crippen LogP contribution in [0, 0.1) is 0 Å². The molecular weight excluding hydrogens is 443 g/mol. The molecule has 0 fully saturated rings. The predicted molar refractivity (Wildman–Crippen MR) is 117 cm³/mol. The number of fused-ring (bicyclic) bond motifs is 1. The lowest BCUT2D eigenvalue weighted by Crippen LogP contribution is -2.21. The third-order valence-corrected chi connectivity index (χ3v) is 5.05. The van der Waals surface area contributed by atoms with Crippen LogP contribution in [-0.2, 0) is 0 Å². The number of rotatable bonds is 6. The van der Waals surface area contributed by atoms with Crippen molar-refractivity contribution in [2.45, 2.75) is 0 Å². The van der Waals surface area contributed by atoms with Crippen molar-refractivity contribution >= 4 is 51.7 Å². The molecule has 4 rings (SSSR count). The van der Waals surface area contributed by atoms with Gasteiger partial charge in [0.2, 0.25) is 5.58 Å². The molecule has 3 heterocycles. The van der Waals surface area contributed by atoms with Crippen LogP contribution in [0.4, 0.5) is 11.6 Å². The summed E-state index contributed by atoms with van der Waals surface area (Å²) >= 11 is 12.4. The zero-order chi connectivity index (χ0) is 22.0. The molecular formula is C19H16Cl2N8O2. The Morgan fingerprint density at radius 1 is 1.29 bits per heavy atom. The van der Waals surface area contributed by atoms with Crippen LogP contribution in [0.1, 0.15) is 10.4 Å². The van der Waals surface area contributed by atoms with Gasteiger partial charge in [-0.3, -0.25) is 9.36 Å². The van der Waals surface area contributed by atoms with Crippen molar-refractivity contribution in [1.29, 1.82) is 0 Å². The number of hydrogen-bond donors (Lipinski definition) is 2. The zero-order valence-electron chi connectivity index (χ0n) is 16.2. The molecule has 4 aromatic rings. The van der Waals surface area contributed by atoms with E-state index in [9.17, 15) is 4.79 Å². The molecule has 1 aromatic carbocycles. The molecule has 31 heavy (non-hydrogen) atoms. The highest BCUT2D eigenvalue weighted by molar-refractivity contribution is 6.36. The molecule has 0 aliphatic heterocycles. The minimum absolute atomic E-state index is 0.201. The standard InChI is InChI=1S/C19H16Cl2N8O2/c1-28(18-16-15(14(21)8-24-18)17(22)27-31-16)6-2-5-23-19(30)12-4-3-11(7-13(12)20)29-9-25-26-10-29/h2-5,7-10H,6H2,1H3,(H2,22,27)(H,23,30)/b5-2+. The van der Waals surface area contributed by atoms with E-state index in [1.807, 2.05) is 0 Å². The van der Waals surface area contributed by atoms with Gasteiger partial charge in [0, 0.05) is 31.7 Å². The Balaban J connectivity index is 1.40. The molecule has 0 aliphatic rings. The van der Waals surface area contributed by atoms with Crippen LogP contribution in [0.15, 0.2) is 53.8 Å². The number of pyridine rings is 1. The number of carbonyl (C=O) groups is 1. The van der Waals surface area contributed by atoms with Crippen LogP contribution in [-0.4, -0.2) is 44.4 Å². The summed E-state index contributed by atoms with van der Waals surface area (Å²) in [7, 11) is 1.81. The van der Waals surface area contributed by atoms with Crippen LogP contribution in [0.25, 0.3) is 16.7 Å². The Labute approximate surface area is 186 Å². The topological polar surface area (TPSA) is 128 Å². The summed E-state index contributed by atoms with van der Waals surface area (Å²) in [6.45, 7) is 0.422. The molecule has 0 saturated carbocycles. The van der Waals surface area contributed by atoms with E-state index >= 15 is 0 Å². The number of nitrogens with two attached hydrogens (primary N) is 1. The highest BCUT2D eigenvalue weighted by Gasteiger charge is 2.17. The fourth-order valence-corrected chi connectivity index (χ4v) is 3.38. The van der Waals surface area contributed by atoms with Crippen molar-refractivity contribution in [3.8, 4) is 5.69 Å². The molecule has 0 spiro atoms. The van der Waals surface area contributed by atoms with Crippen molar-refractivity contribution in [3.05, 3.63) is 64.9 Å². The van der Waals surface area contributed by atoms with Crippen LogP contribution >= 0.6 is 23.2 Å². The third kappa shape index (κ3) is 4.16. The second-order valence-corrected chi connectivity index (χ2v) is 7.31. The van der Waals surface area contributed by atoms with E-state index in [-0.39, 0.29) is 11.7 Å². The first-order valence-electron chi connectivity index (χ1n) is 8.96. The average molecular weight is 459 g/mol. The molecule has 0 aliphatic carbocycles. The van der Waals surface area contributed by atoms with Crippen molar-refractivity contribution in [2.24, 2.45) is 0 Å². The lowest BCUT2D eigenvalue weighted by Gasteiger charge is -2.15. The van der Waals surface area contributed by atoms with Gasteiger partial charge >= 0.3 is 0 Å². The second-order valence-electron chi connectivity index (χ2n) is 6.49. The maximum atomic E-state index is 12.4. The SMILES string of the molecule is CN(C/C=C/NC(=O)c1ccc(-n2cnnc2)cc1Cl)c1ncc(Cl)c2c(N)noc12. The Kier molecular flexibility index (Phi) is 5.74. The number of hydrogen-bond acceptors (Lipinski definition) is 8. The summed E-state index contributed by atoms with van der Waals surface area (Å²) in [4.78, 5) is 18.5. The van der Waals surface area contributed by atoms with E-state index < -0.39 is 0 Å². The molecule has 0 unspecified atom stereocenters. The molecule has 3 N–H and O–H groups in total. The number of anilines is 2. The molecule has 3 aromatic heterocycles. The van der Waals surface area contributed by atoms with Crippen molar-refractivity contribution in [2.75, 3.05) is 24.2 Å². The molecule has 0 atom stereocenters. The van der Waals surface area contributed by atoms with Crippen LogP contribution in [0.3, 0.4) is 0 Å². The summed E-state index contributed by atoms with van der Waals surface area (Å²) < 4.78 is 6.94. The van der Waals surface area contributed by atoms with Gasteiger partial charge in [0.1, 0.15) is 12.7 Å². The van der Waals surface area contributed by atoms with Gasteiger partial charge in [-0.2, -0.15) is 0 Å². The number of amides is 1. The van der Waals surface area contributed by atoms with Gasteiger partial charge in [0.15, 0.2) is 11.6 Å². The van der Waals surface area contributed by atoms with E-state index in [2.05, 4.69) is 25.7 Å². The second kappa shape index (κ2) is 8.62. The van der Waals surface area contributed by atoms with Gasteiger partial charge < -0.3 is 20.5 Å². The number of nitrogen functional groups attached to an aromatic ring is 1. The zero-order valence-corrected chi connectivity index (χ0v) is 17.7. The first-order valence-corrected chi connectivity index (χ1v) is 9.72. The first-order chi connectivity index (χ1) is 15.0. The highest BCUT2D eigenvalue weighted by atomic mass is 35.5. The highest BCUT2D eigenvalue weighted by Crippen LogP contribution is 2.33. The van der Waals surface area contributed by atoms with Gasteiger partial charge in [-0.15, -0.1) is 10.2 Å². The average Bonchev–Trinajstić information content (AvgIpc) is 3.42. The third-order valence-electron chi connectivity index (χ3n) is 4.45. The van der Waals surface area contributed by atoms with Crippen LogP contribution < -0.4 is 16.0 Å². The van der Waals surface area contributed by atoms with Crippen LogP contribution in [0.2, 0.25) is 10.0 Å². The van der Waals surface area contributed by atoms with E-state index in [1.54, 1.807) is 53.4 Å². The molecule has 0 bridgehead atoms. The molecule has 12 heteroatoms. The smallest absolute Gasteiger partial charge is 0.256 e. The molecule has 0 radical (unpaired) electrons. The summed E-state index contributed by atoms with van der Waals surface area (Å²) in [5.41, 5.74) is 7.27. The van der Waals surface area contributed by atoms with E-state index in [0.717, 1.165) is 5.69 Å². The van der Waals surface area contributed by atoms with Crippen molar-refractivity contribution < 1.29 is 9.32 Å². The Morgan fingerprint density at radius 2 is 2.06 bits per heavy atom. The number of nitrogens with zero attached hydrogens (tertiary/aromatic N) is 6. The molecule has 10 nitrogen and oxygen atoms in total.